The summed E-state index contributed by atoms with van der Waals surface area (Å²) in [6, 6.07) is 154. The Bertz CT molecular complexity index is 11600. The minimum atomic E-state index is -1.16. The summed E-state index contributed by atoms with van der Waals surface area (Å²) < 4.78 is 26.6. The summed E-state index contributed by atoms with van der Waals surface area (Å²) in [4.78, 5) is 18.4. The van der Waals surface area contributed by atoms with Crippen LogP contribution >= 0.6 is 79.6 Å². The normalized spacial score (nSPS) is 17.3. The third-order valence-corrected chi connectivity index (χ3v) is 36.3. The molecule has 0 radical (unpaired) electrons. The highest BCUT2D eigenvalue weighted by atomic mass is 79.9. The van der Waals surface area contributed by atoms with Crippen LogP contribution in [0.2, 0.25) is 0 Å². The van der Waals surface area contributed by atoms with Gasteiger partial charge >= 0.3 is 29.3 Å². The molecule has 21 aromatic carbocycles. The number of halogens is 5. The Morgan fingerprint density at radius 2 is 0.436 bits per heavy atom. The van der Waals surface area contributed by atoms with Crippen LogP contribution in [0.4, 0.5) is 11.6 Å². The lowest BCUT2D eigenvalue weighted by Gasteiger charge is -2.42. The summed E-state index contributed by atoms with van der Waals surface area (Å²) in [6.07, 6.45) is 0. The average molecular weight is 2220 g/mol. The van der Waals surface area contributed by atoms with Crippen LogP contribution in [-0.2, 0) is 11.8 Å². The van der Waals surface area contributed by atoms with E-state index in [0.29, 0.717) is 0 Å². The molecule has 12 aliphatic rings. The fraction of sp³-hybridized carbons (Fsp3) is 0.0150. The number of amidine groups is 3. The monoisotopic (exact) mass is 2210 g/mol. The summed E-state index contributed by atoms with van der Waals surface area (Å²) in [7, 11) is 0. The standard InChI is InChI=1S/C70H36Br3N5.C63H32Br2N6/c71-48-23-17-37(18-24-48)59-62-51-29-40-9-1-3-11-42(40)31-53(51)64-60(38-19-25-49(72)26-20-38)66-55-33-44-13-5-7-15-46(44)35-57(55)68-74-69-58-36-47-16-8-6-14-45(47)34-56(58)67-61(39-21-27-50(73)28-22-39)65-54-32-43-12-4-2-10-41(43)30-52(54)63(59)76(65)70(75(62)64,77(66)68)78(67)69;64-43-21-17-33(18-22-43)53-55-45-25-35-9-1-5-13-39(35)29-49(45)59-66-60-51-31-41-15-7-3-11-37(41)27-47(51)57-54(34-19-23-44(65)24-20-34)58-48-28-38-12-4-8-16-42(38)32-52(48)62-67-61-50-30-40-14-6-2-10-36(40)26-46(50)56(53)69(61)63(68(55)59,70(57)60)71(58)62/h1-36H;1-32H/q2*+2. The zero-order chi connectivity index (χ0) is 97.2. The van der Waals surface area contributed by atoms with Gasteiger partial charge in [0, 0.05) is 66.0 Å². The zero-order valence-corrected chi connectivity index (χ0v) is 86.5. The van der Waals surface area contributed by atoms with Crippen molar-refractivity contribution in [2.75, 3.05) is 0 Å². The van der Waals surface area contributed by atoms with Gasteiger partial charge in [0.1, 0.15) is 0 Å². The van der Waals surface area contributed by atoms with Crippen molar-refractivity contribution in [3.8, 4) is 0 Å². The van der Waals surface area contributed by atoms with Crippen molar-refractivity contribution in [1.29, 1.82) is 0 Å². The number of hydrogen-bond donors (Lipinski definition) is 0. The molecule has 11 nitrogen and oxygen atoms in total. The maximum Gasteiger partial charge on any atom is 0.499 e. The molecular weight excluding hydrogens is 2150 g/mol. The van der Waals surface area contributed by atoms with Gasteiger partial charge in [0.15, 0.2) is 17.1 Å². The molecule has 0 fully saturated rings. The lowest BCUT2D eigenvalue weighted by atomic mass is 9.89. The first-order chi connectivity index (χ1) is 73.4. The van der Waals surface area contributed by atoms with E-state index in [1.54, 1.807) is 0 Å². The van der Waals surface area contributed by atoms with E-state index >= 15 is 0 Å². The highest BCUT2D eigenvalue weighted by molar-refractivity contribution is 9.11. The SMILES string of the molecule is Brc1ccc(C2=C3c4cc5ccccc5cc4C4=[N+]3C35n6c(c7cc8ccccc8cc7c62)N=C2c6cc7ccccc7cc6C(=[N+]23)C(c2ccc(Br)cc2)=c2c3cc6ccccc6cc3c(n25)=C4c2ccc(Br)cc2)cc1.Brc1ccc(C2=C3c4cc5ccccc5cc4C4=[N+]3C35n6c(c7cc8ccccc8cc7c62)N=C2c6cc7ccccc7cc6C(=[N+]23)C(c2ccc(Br)cc2)=c2c3cc6ccccc6cc3c(n25)=N4)cc1. The van der Waals surface area contributed by atoms with E-state index in [9.17, 15) is 0 Å². The predicted molar refractivity (Wildman–Crippen MR) is 620 cm³/mol. The van der Waals surface area contributed by atoms with Gasteiger partial charge in [-0.3, -0.25) is 0 Å². The lowest BCUT2D eigenvalue weighted by Crippen LogP contribution is -2.71. The van der Waals surface area contributed by atoms with Crippen molar-refractivity contribution in [3.05, 3.63) is 540 Å². The number of aromatic nitrogens is 4. The fourth-order valence-corrected chi connectivity index (χ4v) is 29.1. The molecule has 2 spiro atoms. The maximum absolute atomic E-state index is 6.19. The molecule has 4 aromatic heterocycles. The first-order valence-corrected chi connectivity index (χ1v) is 54.3. The van der Waals surface area contributed by atoms with Gasteiger partial charge < -0.3 is 0 Å². The van der Waals surface area contributed by atoms with Crippen molar-refractivity contribution in [2.24, 2.45) is 15.0 Å². The number of benzene rings is 21. The molecule has 0 saturated carbocycles. The number of fused-ring (bicyclic) bond motifs is 32. The van der Waals surface area contributed by atoms with Crippen molar-refractivity contribution in [3.63, 3.8) is 0 Å². The maximum atomic E-state index is 6.19. The highest BCUT2D eigenvalue weighted by Crippen LogP contribution is 2.63. The van der Waals surface area contributed by atoms with Gasteiger partial charge in [0.05, 0.1) is 99.3 Å². The zero-order valence-electron chi connectivity index (χ0n) is 78.6. The van der Waals surface area contributed by atoms with Crippen molar-refractivity contribution in [2.45, 2.75) is 11.8 Å². The third-order valence-electron chi connectivity index (χ3n) is 33.7. The van der Waals surface area contributed by atoms with Gasteiger partial charge in [-0.2, -0.15) is 4.57 Å². The van der Waals surface area contributed by atoms with E-state index in [1.807, 2.05) is 0 Å². The molecule has 0 aliphatic carbocycles. The molecule has 2 atom stereocenters. The number of nitrogens with zero attached hydrogens (tertiary/aromatic N) is 11. The van der Waals surface area contributed by atoms with E-state index in [-0.39, 0.29) is 0 Å². The van der Waals surface area contributed by atoms with Crippen LogP contribution in [0.3, 0.4) is 0 Å². The van der Waals surface area contributed by atoms with Gasteiger partial charge in [0.2, 0.25) is 11.4 Å². The van der Waals surface area contributed by atoms with Crippen LogP contribution in [0.15, 0.2) is 450 Å². The first-order valence-electron chi connectivity index (χ1n) is 50.4. The molecule has 0 amide bonds. The van der Waals surface area contributed by atoms with Crippen LogP contribution in [0.1, 0.15) is 83.7 Å². The summed E-state index contributed by atoms with van der Waals surface area (Å²) in [5, 5.41) is 31.7. The number of aliphatic imine (C=N–C) groups is 2. The van der Waals surface area contributed by atoms with Crippen LogP contribution in [0, 0.1) is 0 Å². The highest BCUT2D eigenvalue weighted by Gasteiger charge is 2.76. The minimum Gasteiger partial charge on any atom is -0.218 e. The average Bonchev–Trinajstić information content (AvgIpc) is 1.47. The van der Waals surface area contributed by atoms with E-state index in [1.165, 1.54) is 158 Å². The molecule has 0 bridgehead atoms. The molecule has 37 rings (SSSR count). The van der Waals surface area contributed by atoms with Gasteiger partial charge in [-0.15, -0.1) is 18.3 Å². The summed E-state index contributed by atoms with van der Waals surface area (Å²) in [5.74, 6) is 2.37. The Hall–Kier alpha value is -16.8. The molecule has 12 aliphatic heterocycles. The Morgan fingerprint density at radius 3 is 0.779 bits per heavy atom. The second kappa shape index (κ2) is 28.5. The minimum absolute atomic E-state index is 0.926. The Kier molecular flexibility index (Phi) is 15.6. The molecule has 25 aromatic rings. The molecule has 0 N–H and O–H groups in total. The van der Waals surface area contributed by atoms with Gasteiger partial charge in [0.25, 0.3) is 17.1 Å². The van der Waals surface area contributed by atoms with Crippen LogP contribution in [0.5, 0.6) is 0 Å². The summed E-state index contributed by atoms with van der Waals surface area (Å²) in [6.45, 7) is 0. The van der Waals surface area contributed by atoms with E-state index in [4.69, 9.17) is 15.0 Å². The molecule has 16 heteroatoms. The molecule has 0 saturated heterocycles. The first kappa shape index (κ1) is 81.4. The van der Waals surface area contributed by atoms with Crippen LogP contribution < -0.4 is 21.5 Å². The molecule has 149 heavy (non-hydrogen) atoms. The fourth-order valence-electron chi connectivity index (χ4n) is 27.8. The summed E-state index contributed by atoms with van der Waals surface area (Å²) >= 11 is 19.2. The predicted octanol–water partition coefficient (Wildman–Crippen LogP) is 29.0. The van der Waals surface area contributed by atoms with Gasteiger partial charge in [-0.25, -0.2) is 13.7 Å². The summed E-state index contributed by atoms with van der Waals surface area (Å²) in [5.41, 5.74) is 29.6. The van der Waals surface area contributed by atoms with Crippen molar-refractivity contribution in [1.82, 2.24) is 18.3 Å². The Balaban J connectivity index is 0.000000123. The molecular formula is C133H68Br5N11+4. The topological polar surface area (TPSA) is 68.8 Å². The third kappa shape index (κ3) is 10.1. The van der Waals surface area contributed by atoms with E-state index in [0.717, 1.165) is 185 Å². The lowest BCUT2D eigenvalue weighted by molar-refractivity contribution is -0.798. The van der Waals surface area contributed by atoms with Crippen LogP contribution in [0.25, 0.3) is 169 Å². The van der Waals surface area contributed by atoms with Crippen molar-refractivity contribution >= 4 is 294 Å². The Labute approximate surface area is 889 Å². The second-order valence-electron chi connectivity index (χ2n) is 41.0. The smallest absolute Gasteiger partial charge is 0.218 e. The Morgan fingerprint density at radius 1 is 0.195 bits per heavy atom. The van der Waals surface area contributed by atoms with Crippen molar-refractivity contribution < 1.29 is 18.3 Å². The largest absolute Gasteiger partial charge is 0.499 e. The van der Waals surface area contributed by atoms with E-state index in [2.05, 4.69) is 529 Å². The number of rotatable bonds is 5. The molecule has 2 unspecified atom stereocenters. The second-order valence-corrected chi connectivity index (χ2v) is 45.6. The van der Waals surface area contributed by atoms with Gasteiger partial charge in [-0.05, 0) is 287 Å². The quantitative estimate of drug-likeness (QED) is 0.154. The number of hydrogen-bond acceptors (Lipinski definition) is 3. The van der Waals surface area contributed by atoms with E-state index < -0.39 is 11.8 Å². The van der Waals surface area contributed by atoms with Gasteiger partial charge in [-0.1, -0.05) is 334 Å². The molecule has 16 heterocycles. The molecule has 686 valence electrons. The van der Waals surface area contributed by atoms with Crippen LogP contribution in [-0.4, -0.2) is 71.2 Å².